The van der Waals surface area contributed by atoms with Gasteiger partial charge in [-0.05, 0) is 53.1 Å². The SMILES string of the molecule is C=CCOc1cc(/C=C/c2ccc(CCCC)cc2)cc(CNCC2CNC2)c1. The fraction of sp³-hybridized carbons (Fsp3) is 0.385. The zero-order chi connectivity index (χ0) is 20.3. The summed E-state index contributed by atoms with van der Waals surface area (Å²) in [6, 6.07) is 15.3. The highest BCUT2D eigenvalue weighted by atomic mass is 16.5. The third-order valence-corrected chi connectivity index (χ3v) is 5.25. The molecule has 2 aromatic carbocycles. The van der Waals surface area contributed by atoms with Gasteiger partial charge in [0.25, 0.3) is 0 Å². The van der Waals surface area contributed by atoms with Gasteiger partial charge in [0.2, 0.25) is 0 Å². The van der Waals surface area contributed by atoms with Crippen molar-refractivity contribution >= 4 is 12.2 Å². The smallest absolute Gasteiger partial charge is 0.120 e. The second kappa shape index (κ2) is 11.6. The van der Waals surface area contributed by atoms with Crippen molar-refractivity contribution < 1.29 is 4.74 Å². The van der Waals surface area contributed by atoms with Gasteiger partial charge in [0.05, 0.1) is 0 Å². The van der Waals surface area contributed by atoms with Crippen LogP contribution >= 0.6 is 0 Å². The maximum atomic E-state index is 5.81. The summed E-state index contributed by atoms with van der Waals surface area (Å²) < 4.78 is 5.81. The molecule has 1 heterocycles. The summed E-state index contributed by atoms with van der Waals surface area (Å²) in [4.78, 5) is 0. The monoisotopic (exact) mass is 390 g/mol. The number of aryl methyl sites for hydroxylation is 1. The summed E-state index contributed by atoms with van der Waals surface area (Å²) in [5.74, 6) is 1.65. The number of rotatable bonds is 12. The second-order valence-electron chi connectivity index (χ2n) is 7.84. The van der Waals surface area contributed by atoms with Crippen LogP contribution in [-0.2, 0) is 13.0 Å². The molecule has 0 amide bonds. The lowest BCUT2D eigenvalue weighted by molar-refractivity contribution is 0.331. The topological polar surface area (TPSA) is 33.3 Å². The first-order valence-electron chi connectivity index (χ1n) is 10.8. The summed E-state index contributed by atoms with van der Waals surface area (Å²) in [5, 5.41) is 6.89. The zero-order valence-corrected chi connectivity index (χ0v) is 17.6. The van der Waals surface area contributed by atoms with E-state index in [0.717, 1.165) is 49.8 Å². The van der Waals surface area contributed by atoms with Gasteiger partial charge < -0.3 is 15.4 Å². The molecule has 0 atom stereocenters. The molecular weight excluding hydrogens is 356 g/mol. The van der Waals surface area contributed by atoms with Gasteiger partial charge in [-0.15, -0.1) is 0 Å². The Hall–Kier alpha value is -2.36. The van der Waals surface area contributed by atoms with Crippen LogP contribution in [-0.4, -0.2) is 26.2 Å². The Kier molecular flexibility index (Phi) is 8.54. The number of unbranched alkanes of at least 4 members (excludes halogenated alkanes) is 1. The van der Waals surface area contributed by atoms with E-state index in [-0.39, 0.29) is 0 Å². The number of ether oxygens (including phenoxy) is 1. The van der Waals surface area contributed by atoms with Crippen LogP contribution < -0.4 is 15.4 Å². The van der Waals surface area contributed by atoms with E-state index in [1.54, 1.807) is 6.08 Å². The molecule has 0 spiro atoms. The van der Waals surface area contributed by atoms with Crippen molar-refractivity contribution in [2.75, 3.05) is 26.2 Å². The van der Waals surface area contributed by atoms with Gasteiger partial charge in [0, 0.05) is 26.2 Å². The Labute approximate surface area is 175 Å². The van der Waals surface area contributed by atoms with Crippen molar-refractivity contribution in [1.29, 1.82) is 0 Å². The number of hydrogen-bond acceptors (Lipinski definition) is 3. The highest BCUT2D eigenvalue weighted by Crippen LogP contribution is 2.20. The molecule has 2 N–H and O–H groups in total. The van der Waals surface area contributed by atoms with E-state index in [1.165, 1.54) is 29.5 Å². The lowest BCUT2D eigenvalue weighted by Gasteiger charge is -2.27. The summed E-state index contributed by atoms with van der Waals surface area (Å²) in [7, 11) is 0. The Morgan fingerprint density at radius 1 is 1.07 bits per heavy atom. The van der Waals surface area contributed by atoms with Crippen molar-refractivity contribution in [3.05, 3.63) is 77.4 Å². The van der Waals surface area contributed by atoms with Crippen LogP contribution in [0.25, 0.3) is 12.2 Å². The third-order valence-electron chi connectivity index (χ3n) is 5.25. The molecule has 0 unspecified atom stereocenters. The average Bonchev–Trinajstić information content (AvgIpc) is 2.71. The van der Waals surface area contributed by atoms with Crippen LogP contribution in [0.15, 0.2) is 55.1 Å². The van der Waals surface area contributed by atoms with Crippen LogP contribution in [0.5, 0.6) is 5.75 Å². The van der Waals surface area contributed by atoms with Gasteiger partial charge in [0.1, 0.15) is 12.4 Å². The number of nitrogens with one attached hydrogen (secondary N) is 2. The van der Waals surface area contributed by atoms with Gasteiger partial charge in [-0.1, -0.05) is 68.5 Å². The molecule has 1 saturated heterocycles. The largest absolute Gasteiger partial charge is 0.490 e. The van der Waals surface area contributed by atoms with Crippen molar-refractivity contribution in [2.45, 2.75) is 32.7 Å². The Balaban J connectivity index is 1.65. The van der Waals surface area contributed by atoms with Crippen LogP contribution in [0.3, 0.4) is 0 Å². The van der Waals surface area contributed by atoms with E-state index >= 15 is 0 Å². The molecule has 3 rings (SSSR count). The minimum atomic E-state index is 0.521. The fourth-order valence-corrected chi connectivity index (χ4v) is 3.41. The first-order valence-corrected chi connectivity index (χ1v) is 10.8. The molecule has 29 heavy (non-hydrogen) atoms. The number of benzene rings is 2. The summed E-state index contributed by atoms with van der Waals surface area (Å²) >= 11 is 0. The second-order valence-corrected chi connectivity index (χ2v) is 7.84. The summed E-state index contributed by atoms with van der Waals surface area (Å²) in [6.07, 6.45) is 9.77. The first-order chi connectivity index (χ1) is 14.3. The fourth-order valence-electron chi connectivity index (χ4n) is 3.41. The molecule has 1 aliphatic rings. The van der Waals surface area contributed by atoms with Gasteiger partial charge in [-0.2, -0.15) is 0 Å². The first kappa shape index (κ1) is 21.4. The molecular formula is C26H34N2O. The standard InChI is InChI=1S/C26H34N2O/c1-3-5-6-21-7-9-22(10-8-21)11-12-23-14-24(16-26(15-23)29-13-4-2)17-27-18-25-19-28-20-25/h4,7-12,14-16,25,27-28H,2-3,5-6,13,17-20H2,1H3/b12-11+. The van der Waals surface area contributed by atoms with Crippen molar-refractivity contribution in [3.63, 3.8) is 0 Å². The van der Waals surface area contributed by atoms with Gasteiger partial charge in [-0.25, -0.2) is 0 Å². The molecule has 0 radical (unpaired) electrons. The quantitative estimate of drug-likeness (QED) is 0.392. The molecule has 0 saturated carbocycles. The average molecular weight is 391 g/mol. The molecule has 3 nitrogen and oxygen atoms in total. The molecule has 154 valence electrons. The molecule has 0 aliphatic carbocycles. The lowest BCUT2D eigenvalue weighted by Crippen LogP contribution is -2.47. The minimum absolute atomic E-state index is 0.521. The Morgan fingerprint density at radius 3 is 2.55 bits per heavy atom. The van der Waals surface area contributed by atoms with E-state index < -0.39 is 0 Å². The van der Waals surface area contributed by atoms with Gasteiger partial charge in [-0.3, -0.25) is 0 Å². The summed E-state index contributed by atoms with van der Waals surface area (Å²) in [5.41, 5.74) is 5.04. The zero-order valence-electron chi connectivity index (χ0n) is 17.6. The molecule has 3 heteroatoms. The predicted octanol–water partition coefficient (Wildman–Crippen LogP) is 5.07. The Bertz CT molecular complexity index is 791. The van der Waals surface area contributed by atoms with Crippen LogP contribution in [0.2, 0.25) is 0 Å². The molecule has 1 aliphatic heterocycles. The maximum absolute atomic E-state index is 5.81. The number of hydrogen-bond donors (Lipinski definition) is 2. The van der Waals surface area contributed by atoms with E-state index in [9.17, 15) is 0 Å². The molecule has 2 aromatic rings. The van der Waals surface area contributed by atoms with Crippen molar-refractivity contribution in [3.8, 4) is 5.75 Å². The normalized spacial score (nSPS) is 14.1. The maximum Gasteiger partial charge on any atom is 0.120 e. The molecule has 1 fully saturated rings. The van der Waals surface area contributed by atoms with Crippen LogP contribution in [0, 0.1) is 5.92 Å². The third kappa shape index (κ3) is 7.19. The molecule has 0 bridgehead atoms. The Morgan fingerprint density at radius 2 is 1.86 bits per heavy atom. The van der Waals surface area contributed by atoms with Crippen LogP contribution in [0.1, 0.15) is 42.0 Å². The van der Waals surface area contributed by atoms with E-state index in [4.69, 9.17) is 4.74 Å². The van der Waals surface area contributed by atoms with Crippen molar-refractivity contribution in [2.24, 2.45) is 5.92 Å². The highest BCUT2D eigenvalue weighted by molar-refractivity contribution is 5.70. The van der Waals surface area contributed by atoms with E-state index in [2.05, 4.69) is 78.8 Å². The van der Waals surface area contributed by atoms with Gasteiger partial charge >= 0.3 is 0 Å². The van der Waals surface area contributed by atoms with Crippen molar-refractivity contribution in [1.82, 2.24) is 10.6 Å². The summed E-state index contributed by atoms with van der Waals surface area (Å²) in [6.45, 7) is 10.7. The molecule has 0 aromatic heterocycles. The highest BCUT2D eigenvalue weighted by Gasteiger charge is 2.15. The lowest BCUT2D eigenvalue weighted by atomic mass is 10.0. The van der Waals surface area contributed by atoms with Crippen LogP contribution in [0.4, 0.5) is 0 Å². The predicted molar refractivity (Wildman–Crippen MR) is 124 cm³/mol. The van der Waals surface area contributed by atoms with Gasteiger partial charge in [0.15, 0.2) is 0 Å². The van der Waals surface area contributed by atoms with E-state index in [0.29, 0.717) is 6.61 Å². The minimum Gasteiger partial charge on any atom is -0.490 e. The van der Waals surface area contributed by atoms with E-state index in [1.807, 2.05) is 0 Å².